The third-order valence-corrected chi connectivity index (χ3v) is 5.18. The fourth-order valence-electron chi connectivity index (χ4n) is 1.71. The minimum atomic E-state index is -0.106. The van der Waals surface area contributed by atoms with Crippen molar-refractivity contribution in [2.75, 3.05) is 22.9 Å². The van der Waals surface area contributed by atoms with E-state index in [4.69, 9.17) is 0 Å². The van der Waals surface area contributed by atoms with E-state index in [-0.39, 0.29) is 11.7 Å². The number of nitrogens with one attached hydrogen (secondary N) is 2. The highest BCUT2D eigenvalue weighted by Gasteiger charge is 2.11. The predicted octanol–water partition coefficient (Wildman–Crippen LogP) is 2.71. The van der Waals surface area contributed by atoms with Gasteiger partial charge in [0, 0.05) is 6.54 Å². The quantitative estimate of drug-likeness (QED) is 0.659. The number of aromatic nitrogens is 4. The summed E-state index contributed by atoms with van der Waals surface area (Å²) in [6.07, 6.45) is 0. The monoisotopic (exact) mass is 352 g/mol. The van der Waals surface area contributed by atoms with Gasteiger partial charge < -0.3 is 10.6 Å². The summed E-state index contributed by atoms with van der Waals surface area (Å²) in [6, 6.07) is 5.53. The van der Waals surface area contributed by atoms with Gasteiger partial charge in [-0.25, -0.2) is 0 Å². The maximum atomic E-state index is 12.0. The van der Waals surface area contributed by atoms with Gasteiger partial charge in [0.1, 0.15) is 11.0 Å². The van der Waals surface area contributed by atoms with Crippen molar-refractivity contribution in [3.05, 3.63) is 18.2 Å². The van der Waals surface area contributed by atoms with Crippen molar-refractivity contribution in [2.24, 2.45) is 0 Å². The van der Waals surface area contributed by atoms with Gasteiger partial charge in [-0.2, -0.15) is 8.75 Å². The van der Waals surface area contributed by atoms with Crippen LogP contribution in [0.15, 0.2) is 22.5 Å². The Morgan fingerprint density at radius 3 is 3.09 bits per heavy atom. The number of hydrogen-bond donors (Lipinski definition) is 2. The molecule has 7 nitrogen and oxygen atoms in total. The number of benzene rings is 1. The molecule has 2 heterocycles. The molecule has 0 aliphatic heterocycles. The second-order valence-electron chi connectivity index (χ2n) is 4.18. The fraction of sp³-hybridized carbons (Fsp3) is 0.250. The van der Waals surface area contributed by atoms with Crippen LogP contribution in [0.4, 0.5) is 10.8 Å². The Labute approximate surface area is 138 Å². The highest BCUT2D eigenvalue weighted by Crippen LogP contribution is 2.26. The predicted molar refractivity (Wildman–Crippen MR) is 90.8 cm³/mol. The van der Waals surface area contributed by atoms with Crippen LogP contribution in [0.3, 0.4) is 0 Å². The summed E-state index contributed by atoms with van der Waals surface area (Å²) in [4.78, 5) is 12.0. The fourth-order valence-corrected chi connectivity index (χ4v) is 3.88. The molecule has 22 heavy (non-hydrogen) atoms. The maximum Gasteiger partial charge on any atom is 0.234 e. The van der Waals surface area contributed by atoms with Gasteiger partial charge in [-0.15, -0.1) is 10.2 Å². The van der Waals surface area contributed by atoms with Gasteiger partial charge in [0.05, 0.1) is 23.2 Å². The topological polar surface area (TPSA) is 92.7 Å². The summed E-state index contributed by atoms with van der Waals surface area (Å²) in [7, 11) is 0. The average molecular weight is 352 g/mol. The summed E-state index contributed by atoms with van der Waals surface area (Å²) in [5.74, 6) is 0.167. The van der Waals surface area contributed by atoms with E-state index in [1.165, 1.54) is 23.1 Å². The first-order valence-electron chi connectivity index (χ1n) is 6.47. The molecular weight excluding hydrogens is 340 g/mol. The molecular formula is C12H12N6OS3. The summed E-state index contributed by atoms with van der Waals surface area (Å²) >= 11 is 3.93. The van der Waals surface area contributed by atoms with Crippen LogP contribution in [-0.4, -0.2) is 37.1 Å². The average Bonchev–Trinajstić information content (AvgIpc) is 3.15. The van der Waals surface area contributed by atoms with Gasteiger partial charge >= 0.3 is 0 Å². The molecule has 0 saturated carbocycles. The lowest BCUT2D eigenvalue weighted by Gasteiger charge is -2.04. The lowest BCUT2D eigenvalue weighted by Crippen LogP contribution is -2.14. The number of fused-ring (bicyclic) bond motifs is 1. The van der Waals surface area contributed by atoms with E-state index >= 15 is 0 Å². The first-order chi connectivity index (χ1) is 10.8. The van der Waals surface area contributed by atoms with Crippen LogP contribution >= 0.6 is 34.8 Å². The van der Waals surface area contributed by atoms with Gasteiger partial charge in [-0.05, 0) is 19.1 Å². The van der Waals surface area contributed by atoms with Gasteiger partial charge in [-0.1, -0.05) is 29.2 Å². The highest BCUT2D eigenvalue weighted by molar-refractivity contribution is 8.01. The zero-order valence-electron chi connectivity index (χ0n) is 11.6. The van der Waals surface area contributed by atoms with Gasteiger partial charge in [0.2, 0.25) is 11.0 Å². The zero-order chi connectivity index (χ0) is 15.4. The van der Waals surface area contributed by atoms with Gasteiger partial charge in [-0.3, -0.25) is 4.79 Å². The SMILES string of the molecule is CCNc1nnc(SCC(=O)Nc2cccc3nsnc23)s1. The van der Waals surface area contributed by atoms with Crippen LogP contribution < -0.4 is 10.6 Å². The zero-order valence-corrected chi connectivity index (χ0v) is 14.0. The summed E-state index contributed by atoms with van der Waals surface area (Å²) in [5, 5.41) is 14.7. The van der Waals surface area contributed by atoms with Crippen molar-refractivity contribution in [3.63, 3.8) is 0 Å². The van der Waals surface area contributed by atoms with Crippen molar-refractivity contribution in [1.29, 1.82) is 0 Å². The molecule has 1 amide bonds. The van der Waals surface area contributed by atoms with Crippen LogP contribution in [0.2, 0.25) is 0 Å². The van der Waals surface area contributed by atoms with Crippen LogP contribution in [0.1, 0.15) is 6.92 Å². The normalized spacial score (nSPS) is 10.8. The molecule has 114 valence electrons. The van der Waals surface area contributed by atoms with Crippen LogP contribution in [0.5, 0.6) is 0 Å². The lowest BCUT2D eigenvalue weighted by molar-refractivity contribution is -0.113. The largest absolute Gasteiger partial charge is 0.360 e. The third kappa shape index (κ3) is 3.51. The number of carbonyl (C=O) groups excluding carboxylic acids is 1. The third-order valence-electron chi connectivity index (χ3n) is 2.62. The molecule has 0 radical (unpaired) electrons. The molecule has 0 aliphatic rings. The first-order valence-corrected chi connectivity index (χ1v) is 9.01. The Kier molecular flexibility index (Phi) is 4.80. The Bertz CT molecular complexity index is 786. The van der Waals surface area contributed by atoms with Crippen LogP contribution in [-0.2, 0) is 4.79 Å². The molecule has 2 N–H and O–H groups in total. The maximum absolute atomic E-state index is 12.0. The Balaban J connectivity index is 1.59. The van der Waals surface area contributed by atoms with Crippen molar-refractivity contribution >= 4 is 62.6 Å². The van der Waals surface area contributed by atoms with Gasteiger partial charge in [0.15, 0.2) is 4.34 Å². The standard InChI is InChI=1S/C12H12N6OS3/c1-2-13-11-15-16-12(21-11)20-6-9(19)14-7-4-3-5-8-10(7)18-22-17-8/h3-5H,2,6H2,1H3,(H,13,15)(H,14,19). The van der Waals surface area contributed by atoms with E-state index in [0.29, 0.717) is 5.69 Å². The van der Waals surface area contributed by atoms with E-state index in [0.717, 1.165) is 38.8 Å². The first kappa shape index (κ1) is 15.1. The van der Waals surface area contributed by atoms with Gasteiger partial charge in [0.25, 0.3) is 0 Å². The van der Waals surface area contributed by atoms with Crippen molar-refractivity contribution in [1.82, 2.24) is 18.9 Å². The molecule has 1 aromatic carbocycles. The molecule has 3 rings (SSSR count). The smallest absolute Gasteiger partial charge is 0.234 e. The Morgan fingerprint density at radius 2 is 2.23 bits per heavy atom. The van der Waals surface area contributed by atoms with E-state index in [2.05, 4.69) is 29.6 Å². The lowest BCUT2D eigenvalue weighted by atomic mass is 10.2. The number of rotatable bonds is 6. The second-order valence-corrected chi connectivity index (χ2v) is 6.91. The number of anilines is 2. The van der Waals surface area contributed by atoms with Crippen LogP contribution in [0.25, 0.3) is 11.0 Å². The number of nitrogens with zero attached hydrogens (tertiary/aromatic N) is 4. The van der Waals surface area contributed by atoms with E-state index in [1.807, 2.05) is 25.1 Å². The highest BCUT2D eigenvalue weighted by atomic mass is 32.2. The number of carbonyl (C=O) groups is 1. The van der Waals surface area contributed by atoms with Crippen molar-refractivity contribution < 1.29 is 4.79 Å². The number of hydrogen-bond acceptors (Lipinski definition) is 9. The van der Waals surface area contributed by atoms with E-state index in [1.54, 1.807) is 0 Å². The number of amides is 1. The van der Waals surface area contributed by atoms with Crippen LogP contribution in [0, 0.1) is 0 Å². The second kappa shape index (κ2) is 6.99. The Hall–Kier alpha value is -1.78. The number of thioether (sulfide) groups is 1. The minimum absolute atomic E-state index is 0.106. The molecule has 0 atom stereocenters. The molecule has 10 heteroatoms. The minimum Gasteiger partial charge on any atom is -0.360 e. The molecule has 0 saturated heterocycles. The molecule has 0 fully saturated rings. The van der Waals surface area contributed by atoms with E-state index < -0.39 is 0 Å². The molecule has 0 bridgehead atoms. The Morgan fingerprint density at radius 1 is 1.32 bits per heavy atom. The molecule has 0 spiro atoms. The molecule has 3 aromatic rings. The molecule has 2 aromatic heterocycles. The van der Waals surface area contributed by atoms with Crippen molar-refractivity contribution in [2.45, 2.75) is 11.3 Å². The summed E-state index contributed by atoms with van der Waals surface area (Å²) < 4.78 is 9.11. The van der Waals surface area contributed by atoms with E-state index in [9.17, 15) is 4.79 Å². The summed E-state index contributed by atoms with van der Waals surface area (Å²) in [5.41, 5.74) is 2.19. The van der Waals surface area contributed by atoms with Crippen molar-refractivity contribution in [3.8, 4) is 0 Å². The summed E-state index contributed by atoms with van der Waals surface area (Å²) in [6.45, 7) is 2.79. The molecule has 0 unspecified atom stereocenters. The molecule has 0 aliphatic carbocycles.